The first-order valence-corrected chi connectivity index (χ1v) is 6.26. The van der Waals surface area contributed by atoms with Crippen molar-refractivity contribution in [2.45, 2.75) is 0 Å². The maximum atomic E-state index is 4.46. The van der Waals surface area contributed by atoms with Crippen LogP contribution in [0.25, 0.3) is 5.57 Å². The van der Waals surface area contributed by atoms with E-state index in [0.717, 1.165) is 16.8 Å². The van der Waals surface area contributed by atoms with E-state index < -0.39 is 0 Å². The van der Waals surface area contributed by atoms with Gasteiger partial charge in [0.25, 0.3) is 0 Å². The topological polar surface area (TPSA) is 24.4 Å². The largest absolute Gasteiger partial charge is 0.285 e. The van der Waals surface area contributed by atoms with Crippen molar-refractivity contribution in [2.24, 2.45) is 5.10 Å². The third kappa shape index (κ3) is 2.47. The monoisotopic (exact) mass is 246 g/mol. The van der Waals surface area contributed by atoms with Crippen LogP contribution < -0.4 is 5.43 Å². The molecule has 2 aromatic rings. The van der Waals surface area contributed by atoms with E-state index in [2.05, 4.69) is 40.9 Å². The molecule has 3 rings (SSSR count). The maximum Gasteiger partial charge on any atom is 0.0983 e. The molecule has 2 nitrogen and oxygen atoms in total. The highest BCUT2D eigenvalue weighted by atomic mass is 15.3. The molecule has 2 aromatic carbocycles. The Labute approximate surface area is 112 Å². The third-order valence-electron chi connectivity index (χ3n) is 3.00. The van der Waals surface area contributed by atoms with Gasteiger partial charge in [-0.1, -0.05) is 66.7 Å². The molecule has 1 aliphatic heterocycles. The van der Waals surface area contributed by atoms with Gasteiger partial charge in [0.05, 0.1) is 5.71 Å². The first kappa shape index (κ1) is 11.5. The Morgan fingerprint density at radius 1 is 0.737 bits per heavy atom. The van der Waals surface area contributed by atoms with Crippen molar-refractivity contribution in [1.29, 1.82) is 0 Å². The predicted molar refractivity (Wildman–Crippen MR) is 79.7 cm³/mol. The van der Waals surface area contributed by atoms with Crippen LogP contribution in [-0.2, 0) is 0 Å². The third-order valence-corrected chi connectivity index (χ3v) is 3.00. The molecular formula is C17H14N2. The van der Waals surface area contributed by atoms with Crippen LogP contribution in [0, 0.1) is 0 Å². The lowest BCUT2D eigenvalue weighted by Gasteiger charge is -2.10. The smallest absolute Gasteiger partial charge is 0.0983 e. The van der Waals surface area contributed by atoms with Crippen molar-refractivity contribution in [3.05, 3.63) is 90.1 Å². The van der Waals surface area contributed by atoms with Gasteiger partial charge < -0.3 is 0 Å². The summed E-state index contributed by atoms with van der Waals surface area (Å²) in [5, 5.41) is 4.46. The molecule has 0 spiro atoms. The van der Waals surface area contributed by atoms with Gasteiger partial charge in [-0.3, -0.25) is 5.43 Å². The number of nitrogens with zero attached hydrogens (tertiary/aromatic N) is 1. The quantitative estimate of drug-likeness (QED) is 0.860. The van der Waals surface area contributed by atoms with Gasteiger partial charge in [0.1, 0.15) is 0 Å². The standard InChI is InChI=1S/C17H14N2/c1-3-8-14(9-4-1)16-12-7-13-18-19-17(16)15-10-5-2-6-11-15/h1-13,18H. The van der Waals surface area contributed by atoms with Crippen LogP contribution in [-0.4, -0.2) is 5.71 Å². The molecule has 0 saturated heterocycles. The Balaban J connectivity index is 2.09. The molecule has 92 valence electrons. The summed E-state index contributed by atoms with van der Waals surface area (Å²) in [5.41, 5.74) is 7.30. The van der Waals surface area contributed by atoms with Crippen molar-refractivity contribution in [3.8, 4) is 0 Å². The van der Waals surface area contributed by atoms with E-state index in [4.69, 9.17) is 0 Å². The number of nitrogens with one attached hydrogen (secondary N) is 1. The molecule has 0 aliphatic carbocycles. The van der Waals surface area contributed by atoms with Crippen LogP contribution in [0.1, 0.15) is 11.1 Å². The summed E-state index contributed by atoms with van der Waals surface area (Å²) in [6.07, 6.45) is 5.89. The number of hydrogen-bond donors (Lipinski definition) is 1. The van der Waals surface area contributed by atoms with Gasteiger partial charge in [-0.2, -0.15) is 5.10 Å². The molecule has 0 bridgehead atoms. The van der Waals surface area contributed by atoms with Gasteiger partial charge >= 0.3 is 0 Å². The molecule has 0 fully saturated rings. The van der Waals surface area contributed by atoms with E-state index in [1.165, 1.54) is 5.56 Å². The molecular weight excluding hydrogens is 232 g/mol. The van der Waals surface area contributed by atoms with E-state index in [0.29, 0.717) is 0 Å². The van der Waals surface area contributed by atoms with E-state index >= 15 is 0 Å². The van der Waals surface area contributed by atoms with Crippen LogP contribution in [0.2, 0.25) is 0 Å². The number of hydrogen-bond acceptors (Lipinski definition) is 2. The van der Waals surface area contributed by atoms with Crippen LogP contribution in [0.3, 0.4) is 0 Å². The number of benzene rings is 2. The normalized spacial score (nSPS) is 14.1. The van der Waals surface area contributed by atoms with Gasteiger partial charge in [-0.25, -0.2) is 0 Å². The highest BCUT2D eigenvalue weighted by Crippen LogP contribution is 2.21. The zero-order valence-corrected chi connectivity index (χ0v) is 10.5. The average molecular weight is 246 g/mol. The molecule has 0 saturated carbocycles. The van der Waals surface area contributed by atoms with Crippen molar-refractivity contribution in [2.75, 3.05) is 0 Å². The first-order chi connectivity index (χ1) is 9.45. The summed E-state index contributed by atoms with van der Waals surface area (Å²) in [6, 6.07) is 20.5. The Morgan fingerprint density at radius 2 is 1.37 bits per heavy atom. The summed E-state index contributed by atoms with van der Waals surface area (Å²) < 4.78 is 0. The molecule has 0 aromatic heterocycles. The summed E-state index contributed by atoms with van der Waals surface area (Å²) in [5.74, 6) is 0. The lowest BCUT2D eigenvalue weighted by molar-refractivity contribution is 0.973. The highest BCUT2D eigenvalue weighted by Gasteiger charge is 2.12. The van der Waals surface area contributed by atoms with Gasteiger partial charge in [-0.15, -0.1) is 0 Å². The molecule has 0 atom stereocenters. The maximum absolute atomic E-state index is 4.46. The van der Waals surface area contributed by atoms with E-state index in [9.17, 15) is 0 Å². The van der Waals surface area contributed by atoms with Crippen LogP contribution >= 0.6 is 0 Å². The zero-order chi connectivity index (χ0) is 12.9. The minimum absolute atomic E-state index is 0.955. The van der Waals surface area contributed by atoms with Crippen LogP contribution in [0.15, 0.2) is 84.1 Å². The molecule has 1 N–H and O–H groups in total. The average Bonchev–Trinajstić information content (AvgIpc) is 2.75. The van der Waals surface area contributed by atoms with E-state index in [1.54, 1.807) is 0 Å². The summed E-state index contributed by atoms with van der Waals surface area (Å²) in [4.78, 5) is 0. The Morgan fingerprint density at radius 3 is 2.05 bits per heavy atom. The molecule has 2 heteroatoms. The fourth-order valence-electron chi connectivity index (χ4n) is 2.10. The van der Waals surface area contributed by atoms with Crippen molar-refractivity contribution < 1.29 is 0 Å². The molecule has 1 aliphatic rings. The summed E-state index contributed by atoms with van der Waals surface area (Å²) in [7, 11) is 0. The minimum atomic E-state index is 0.955. The molecule has 0 radical (unpaired) electrons. The van der Waals surface area contributed by atoms with E-state index in [1.807, 2.05) is 48.7 Å². The van der Waals surface area contributed by atoms with Gasteiger partial charge in [0.15, 0.2) is 0 Å². The lowest BCUT2D eigenvalue weighted by Crippen LogP contribution is -2.07. The number of rotatable bonds is 2. The number of hydrazone groups is 1. The SMILES string of the molecule is C1=CNN=C(c2ccccc2)C(c2ccccc2)=C1. The van der Waals surface area contributed by atoms with Crippen LogP contribution in [0.5, 0.6) is 0 Å². The second kappa shape index (κ2) is 5.36. The van der Waals surface area contributed by atoms with Crippen molar-refractivity contribution in [3.63, 3.8) is 0 Å². The van der Waals surface area contributed by atoms with Gasteiger partial charge in [0, 0.05) is 17.3 Å². The summed E-state index contributed by atoms with van der Waals surface area (Å²) >= 11 is 0. The Kier molecular flexibility index (Phi) is 3.24. The van der Waals surface area contributed by atoms with Crippen LogP contribution in [0.4, 0.5) is 0 Å². The first-order valence-electron chi connectivity index (χ1n) is 6.26. The van der Waals surface area contributed by atoms with Crippen molar-refractivity contribution >= 4 is 11.3 Å². The minimum Gasteiger partial charge on any atom is -0.285 e. The molecule has 0 amide bonds. The highest BCUT2D eigenvalue weighted by molar-refractivity contribution is 6.32. The molecule has 1 heterocycles. The zero-order valence-electron chi connectivity index (χ0n) is 10.5. The predicted octanol–water partition coefficient (Wildman–Crippen LogP) is 3.59. The Bertz CT molecular complexity index is 637. The van der Waals surface area contributed by atoms with Gasteiger partial charge in [0.2, 0.25) is 0 Å². The van der Waals surface area contributed by atoms with Gasteiger partial charge in [-0.05, 0) is 11.6 Å². The molecule has 19 heavy (non-hydrogen) atoms. The second-order valence-electron chi connectivity index (χ2n) is 4.26. The fourth-order valence-corrected chi connectivity index (χ4v) is 2.10. The summed E-state index contributed by atoms with van der Waals surface area (Å²) in [6.45, 7) is 0. The number of allylic oxidation sites excluding steroid dienone is 3. The lowest BCUT2D eigenvalue weighted by atomic mass is 9.96. The van der Waals surface area contributed by atoms with Crippen molar-refractivity contribution in [1.82, 2.24) is 5.43 Å². The second-order valence-corrected chi connectivity index (χ2v) is 4.26. The van der Waals surface area contributed by atoms with E-state index in [-0.39, 0.29) is 0 Å². The molecule has 0 unspecified atom stereocenters. The Hall–Kier alpha value is -2.61. The fraction of sp³-hybridized carbons (Fsp3) is 0.